The second-order valence-electron chi connectivity index (χ2n) is 6.55. The zero-order valence-electron chi connectivity index (χ0n) is 15.2. The summed E-state index contributed by atoms with van der Waals surface area (Å²) in [5, 5.41) is 4.01. The molecule has 1 aliphatic rings. The first-order valence-electron chi connectivity index (χ1n) is 8.97. The van der Waals surface area contributed by atoms with Crippen LogP contribution >= 0.6 is 0 Å². The summed E-state index contributed by atoms with van der Waals surface area (Å²) in [6, 6.07) is 15.8. The number of carbonyl (C=O) groups excluding carboxylic acids is 1. The molecule has 27 heavy (non-hydrogen) atoms. The van der Waals surface area contributed by atoms with Crippen molar-refractivity contribution < 1.29 is 13.2 Å². The van der Waals surface area contributed by atoms with E-state index in [4.69, 9.17) is 0 Å². The molecule has 1 saturated heterocycles. The van der Waals surface area contributed by atoms with Gasteiger partial charge in [0.25, 0.3) is 5.91 Å². The highest BCUT2D eigenvalue weighted by Gasteiger charge is 2.27. The normalized spacial score (nSPS) is 16.5. The molecule has 1 heterocycles. The van der Waals surface area contributed by atoms with Gasteiger partial charge in [-0.3, -0.25) is 4.79 Å². The molecule has 0 saturated carbocycles. The highest BCUT2D eigenvalue weighted by molar-refractivity contribution is 7.89. The second-order valence-corrected chi connectivity index (χ2v) is 8.49. The molecule has 0 unspecified atom stereocenters. The highest BCUT2D eigenvalue weighted by Crippen LogP contribution is 2.21. The largest absolute Gasteiger partial charge is 0.271 e. The standard InChI is InChI=1S/C20H23N3O3S/c1-16(17-7-3-2-4-8-17)15-21-22-20(24)18-9-11-19(12-10-18)27(25,26)23-13-5-6-14-23/h2-4,7-12,15-16H,5-6,13-14H2,1H3,(H,22,24)/b21-15-/t16-/m1/s1. The maximum atomic E-state index is 12.5. The van der Waals surface area contributed by atoms with E-state index in [-0.39, 0.29) is 16.7 Å². The van der Waals surface area contributed by atoms with Crippen molar-refractivity contribution in [3.8, 4) is 0 Å². The van der Waals surface area contributed by atoms with Gasteiger partial charge in [0.05, 0.1) is 4.90 Å². The van der Waals surface area contributed by atoms with E-state index in [0.29, 0.717) is 18.7 Å². The molecule has 1 fully saturated rings. The highest BCUT2D eigenvalue weighted by atomic mass is 32.2. The molecule has 0 bridgehead atoms. The first-order valence-corrected chi connectivity index (χ1v) is 10.4. The number of rotatable bonds is 6. The lowest BCUT2D eigenvalue weighted by atomic mass is 10.0. The van der Waals surface area contributed by atoms with Crippen LogP contribution in [0.25, 0.3) is 0 Å². The minimum Gasteiger partial charge on any atom is -0.267 e. The van der Waals surface area contributed by atoms with E-state index in [1.165, 1.54) is 28.6 Å². The molecule has 142 valence electrons. The van der Waals surface area contributed by atoms with Gasteiger partial charge in [-0.2, -0.15) is 9.41 Å². The van der Waals surface area contributed by atoms with E-state index in [1.54, 1.807) is 6.21 Å². The Bertz CT molecular complexity index is 903. The summed E-state index contributed by atoms with van der Waals surface area (Å²) in [6.07, 6.45) is 3.44. The number of nitrogens with zero attached hydrogens (tertiary/aromatic N) is 2. The van der Waals surface area contributed by atoms with Crippen LogP contribution in [0, 0.1) is 0 Å². The molecular formula is C20H23N3O3S. The fraction of sp³-hybridized carbons (Fsp3) is 0.300. The average Bonchev–Trinajstić information content (AvgIpc) is 3.24. The number of nitrogens with one attached hydrogen (secondary N) is 1. The summed E-state index contributed by atoms with van der Waals surface area (Å²) in [7, 11) is -3.47. The minimum absolute atomic E-state index is 0.0690. The topological polar surface area (TPSA) is 78.8 Å². The Kier molecular flexibility index (Phi) is 6.03. The molecule has 0 aromatic heterocycles. The van der Waals surface area contributed by atoms with Gasteiger partial charge in [-0.25, -0.2) is 13.8 Å². The van der Waals surface area contributed by atoms with Gasteiger partial charge in [-0.05, 0) is 42.7 Å². The second kappa shape index (κ2) is 8.45. The smallest absolute Gasteiger partial charge is 0.267 e. The van der Waals surface area contributed by atoms with Crippen LogP contribution in [0.5, 0.6) is 0 Å². The van der Waals surface area contributed by atoms with Crippen molar-refractivity contribution in [1.82, 2.24) is 9.73 Å². The molecule has 2 aromatic carbocycles. The zero-order valence-corrected chi connectivity index (χ0v) is 16.0. The third-order valence-electron chi connectivity index (χ3n) is 4.61. The van der Waals surface area contributed by atoms with Crippen molar-refractivity contribution in [3.63, 3.8) is 0 Å². The van der Waals surface area contributed by atoms with Crippen molar-refractivity contribution in [2.24, 2.45) is 5.10 Å². The molecule has 3 rings (SSSR count). The van der Waals surface area contributed by atoms with Crippen molar-refractivity contribution in [3.05, 3.63) is 65.7 Å². The van der Waals surface area contributed by atoms with Crippen LogP contribution in [0.2, 0.25) is 0 Å². The lowest BCUT2D eigenvalue weighted by molar-refractivity contribution is 0.0955. The fourth-order valence-corrected chi connectivity index (χ4v) is 4.49. The Balaban J connectivity index is 1.61. The van der Waals surface area contributed by atoms with Gasteiger partial charge in [-0.1, -0.05) is 37.3 Å². The van der Waals surface area contributed by atoms with Gasteiger partial charge in [0.15, 0.2) is 0 Å². The molecule has 1 amide bonds. The number of carbonyl (C=O) groups is 1. The molecule has 0 aliphatic carbocycles. The van der Waals surface area contributed by atoms with Crippen LogP contribution in [0.4, 0.5) is 0 Å². The molecule has 0 spiro atoms. The Morgan fingerprint density at radius 2 is 1.70 bits per heavy atom. The molecule has 1 aliphatic heterocycles. The van der Waals surface area contributed by atoms with Crippen LogP contribution in [-0.4, -0.2) is 37.9 Å². The quantitative estimate of drug-likeness (QED) is 0.613. The summed E-state index contributed by atoms with van der Waals surface area (Å²) >= 11 is 0. The fourth-order valence-electron chi connectivity index (χ4n) is 2.97. The number of amides is 1. The summed E-state index contributed by atoms with van der Waals surface area (Å²) in [6.45, 7) is 3.10. The van der Waals surface area contributed by atoms with Crippen LogP contribution < -0.4 is 5.43 Å². The minimum atomic E-state index is -3.47. The first kappa shape index (κ1) is 19.3. The predicted molar refractivity (Wildman–Crippen MR) is 105 cm³/mol. The summed E-state index contributed by atoms with van der Waals surface area (Å²) in [5.41, 5.74) is 3.95. The Morgan fingerprint density at radius 3 is 2.33 bits per heavy atom. The van der Waals surface area contributed by atoms with Gasteiger partial charge in [0.2, 0.25) is 10.0 Å². The molecule has 7 heteroatoms. The Hall–Kier alpha value is -2.51. The number of hydrogen-bond acceptors (Lipinski definition) is 4. The number of sulfonamides is 1. The van der Waals surface area contributed by atoms with E-state index in [2.05, 4.69) is 10.5 Å². The first-order chi connectivity index (χ1) is 13.0. The van der Waals surface area contributed by atoms with E-state index in [9.17, 15) is 13.2 Å². The van der Waals surface area contributed by atoms with Crippen LogP contribution in [-0.2, 0) is 10.0 Å². The van der Waals surface area contributed by atoms with Crippen LogP contribution in [0.1, 0.15) is 41.6 Å². The van der Waals surface area contributed by atoms with Crippen LogP contribution in [0.3, 0.4) is 0 Å². The monoisotopic (exact) mass is 385 g/mol. The third-order valence-corrected chi connectivity index (χ3v) is 6.52. The third kappa shape index (κ3) is 4.61. The molecule has 0 radical (unpaired) electrons. The van der Waals surface area contributed by atoms with Crippen molar-refractivity contribution in [2.45, 2.75) is 30.6 Å². The SMILES string of the molecule is C[C@H](/C=N\NC(=O)c1ccc(S(=O)(=O)N2CCCC2)cc1)c1ccccc1. The van der Waals surface area contributed by atoms with Crippen molar-refractivity contribution in [2.75, 3.05) is 13.1 Å². The van der Waals surface area contributed by atoms with Gasteiger partial charge in [0, 0.05) is 30.8 Å². The summed E-state index contributed by atoms with van der Waals surface area (Å²) in [5.74, 6) is -0.309. The maximum Gasteiger partial charge on any atom is 0.271 e. The lowest BCUT2D eigenvalue weighted by Gasteiger charge is -2.15. The zero-order chi connectivity index (χ0) is 19.3. The van der Waals surface area contributed by atoms with Gasteiger partial charge in [-0.15, -0.1) is 0 Å². The van der Waals surface area contributed by atoms with E-state index in [1.807, 2.05) is 37.3 Å². The van der Waals surface area contributed by atoms with E-state index >= 15 is 0 Å². The number of hydrazone groups is 1. The van der Waals surface area contributed by atoms with E-state index in [0.717, 1.165) is 18.4 Å². The molecule has 6 nitrogen and oxygen atoms in total. The average molecular weight is 385 g/mol. The van der Waals surface area contributed by atoms with Crippen molar-refractivity contribution in [1.29, 1.82) is 0 Å². The molecule has 1 atom stereocenters. The van der Waals surface area contributed by atoms with Gasteiger partial charge in [0.1, 0.15) is 0 Å². The predicted octanol–water partition coefficient (Wildman–Crippen LogP) is 2.99. The Labute approximate surface area is 159 Å². The molecule has 1 N–H and O–H groups in total. The van der Waals surface area contributed by atoms with Crippen LogP contribution in [0.15, 0.2) is 64.6 Å². The maximum absolute atomic E-state index is 12.5. The number of benzene rings is 2. The van der Waals surface area contributed by atoms with Gasteiger partial charge >= 0.3 is 0 Å². The van der Waals surface area contributed by atoms with Crippen molar-refractivity contribution >= 4 is 22.1 Å². The lowest BCUT2D eigenvalue weighted by Crippen LogP contribution is -2.28. The summed E-state index contributed by atoms with van der Waals surface area (Å²) < 4.78 is 26.5. The number of hydrogen-bond donors (Lipinski definition) is 1. The Morgan fingerprint density at radius 1 is 1.07 bits per heavy atom. The van der Waals surface area contributed by atoms with Gasteiger partial charge < -0.3 is 0 Å². The molecular weight excluding hydrogens is 362 g/mol. The summed E-state index contributed by atoms with van der Waals surface area (Å²) in [4.78, 5) is 12.4. The van der Waals surface area contributed by atoms with E-state index < -0.39 is 10.0 Å². The molecule has 2 aromatic rings.